The van der Waals surface area contributed by atoms with Gasteiger partial charge in [0.2, 0.25) is 0 Å². The predicted molar refractivity (Wildman–Crippen MR) is 88.8 cm³/mol. The summed E-state index contributed by atoms with van der Waals surface area (Å²) in [5.41, 5.74) is -0.152. The molecule has 5 nitrogen and oxygen atoms in total. The van der Waals surface area contributed by atoms with Crippen LogP contribution < -0.4 is 0 Å². The fraction of sp³-hybridized carbons (Fsp3) is 0.474. The fourth-order valence-electron chi connectivity index (χ4n) is 3.25. The van der Waals surface area contributed by atoms with E-state index >= 15 is 0 Å². The molecule has 1 aliphatic carbocycles. The van der Waals surface area contributed by atoms with Crippen molar-refractivity contribution in [3.8, 4) is 0 Å². The van der Waals surface area contributed by atoms with Gasteiger partial charge in [0.05, 0.1) is 24.5 Å². The third kappa shape index (κ3) is 4.45. The first-order valence-corrected chi connectivity index (χ1v) is 8.11. The predicted octanol–water partition coefficient (Wildman–Crippen LogP) is 2.63. The molecule has 3 atom stereocenters. The van der Waals surface area contributed by atoms with Gasteiger partial charge in [-0.25, -0.2) is 0 Å². The van der Waals surface area contributed by atoms with E-state index in [0.29, 0.717) is 19.3 Å². The van der Waals surface area contributed by atoms with Gasteiger partial charge in [0, 0.05) is 0 Å². The number of carbonyl (C=O) groups excluding carboxylic acids is 2. The van der Waals surface area contributed by atoms with Crippen LogP contribution in [-0.2, 0) is 25.7 Å². The summed E-state index contributed by atoms with van der Waals surface area (Å²) < 4.78 is 10.2. The third-order valence-corrected chi connectivity index (χ3v) is 4.56. The van der Waals surface area contributed by atoms with Gasteiger partial charge in [-0.1, -0.05) is 36.4 Å². The second kappa shape index (κ2) is 8.11. The molecular formula is C19H24O5. The molecule has 1 fully saturated rings. The lowest BCUT2D eigenvalue weighted by Crippen LogP contribution is -2.45. The number of aliphatic hydroxyl groups is 1. The molecule has 0 heterocycles. The van der Waals surface area contributed by atoms with Crippen LogP contribution in [0.25, 0.3) is 0 Å². The van der Waals surface area contributed by atoms with Crippen molar-refractivity contribution >= 4 is 11.9 Å². The Morgan fingerprint density at radius 3 is 2.62 bits per heavy atom. The van der Waals surface area contributed by atoms with Crippen LogP contribution in [0, 0.1) is 11.8 Å². The molecule has 0 bridgehead atoms. The minimum absolute atomic E-state index is 0.143. The van der Waals surface area contributed by atoms with E-state index in [1.165, 1.54) is 7.11 Å². The van der Waals surface area contributed by atoms with Gasteiger partial charge in [-0.3, -0.25) is 9.59 Å². The molecule has 0 saturated heterocycles. The summed E-state index contributed by atoms with van der Waals surface area (Å²) in [6.45, 7) is 3.79. The van der Waals surface area contributed by atoms with Gasteiger partial charge in [-0.15, -0.1) is 6.58 Å². The Morgan fingerprint density at radius 2 is 2.00 bits per heavy atom. The van der Waals surface area contributed by atoms with Gasteiger partial charge >= 0.3 is 11.9 Å². The molecule has 1 aromatic rings. The molecule has 130 valence electrons. The zero-order chi connectivity index (χ0) is 17.6. The summed E-state index contributed by atoms with van der Waals surface area (Å²) in [7, 11) is 1.30. The van der Waals surface area contributed by atoms with Gasteiger partial charge in [0.15, 0.2) is 0 Å². The van der Waals surface area contributed by atoms with Gasteiger partial charge in [-0.2, -0.15) is 0 Å². The van der Waals surface area contributed by atoms with Crippen LogP contribution in [0.1, 0.15) is 31.2 Å². The summed E-state index contributed by atoms with van der Waals surface area (Å²) in [5, 5.41) is 10.6. The van der Waals surface area contributed by atoms with Crippen LogP contribution in [0.2, 0.25) is 0 Å². The van der Waals surface area contributed by atoms with E-state index in [9.17, 15) is 14.7 Å². The Bertz CT molecular complexity index is 583. The number of methoxy groups -OCH3 is 1. The normalized spacial score (nSPS) is 26.4. The highest BCUT2D eigenvalue weighted by Gasteiger charge is 2.46. The molecule has 0 radical (unpaired) electrons. The molecule has 2 rings (SSSR count). The SMILES string of the molecule is C=CCC1(O)CC[C@H](C(=O)OC)[C@H](C(=O)OCc2ccccc2)C1. The molecule has 1 saturated carbocycles. The van der Waals surface area contributed by atoms with Gasteiger partial charge < -0.3 is 14.6 Å². The number of ether oxygens (including phenoxy) is 2. The van der Waals surface area contributed by atoms with E-state index in [-0.39, 0.29) is 13.0 Å². The number of hydrogen-bond acceptors (Lipinski definition) is 5. The molecule has 1 aliphatic rings. The first-order chi connectivity index (χ1) is 11.5. The van der Waals surface area contributed by atoms with E-state index in [0.717, 1.165) is 5.56 Å². The van der Waals surface area contributed by atoms with E-state index in [1.807, 2.05) is 30.3 Å². The highest BCUT2D eigenvalue weighted by molar-refractivity contribution is 5.82. The monoisotopic (exact) mass is 332 g/mol. The molecular weight excluding hydrogens is 308 g/mol. The van der Waals surface area contributed by atoms with Crippen molar-refractivity contribution < 1.29 is 24.2 Å². The van der Waals surface area contributed by atoms with Crippen LogP contribution in [-0.4, -0.2) is 29.8 Å². The van der Waals surface area contributed by atoms with Crippen molar-refractivity contribution in [2.24, 2.45) is 11.8 Å². The van der Waals surface area contributed by atoms with Gasteiger partial charge in [0.1, 0.15) is 6.61 Å². The van der Waals surface area contributed by atoms with E-state index in [1.54, 1.807) is 6.08 Å². The van der Waals surface area contributed by atoms with E-state index in [2.05, 4.69) is 6.58 Å². The average Bonchev–Trinajstić information content (AvgIpc) is 2.60. The number of hydrogen-bond donors (Lipinski definition) is 1. The molecule has 1 N–H and O–H groups in total. The number of carbonyl (C=O) groups is 2. The zero-order valence-corrected chi connectivity index (χ0v) is 13.9. The Hall–Kier alpha value is -2.14. The second-order valence-corrected chi connectivity index (χ2v) is 6.29. The maximum Gasteiger partial charge on any atom is 0.310 e. The van der Waals surface area contributed by atoms with Crippen molar-refractivity contribution in [3.63, 3.8) is 0 Å². The smallest absolute Gasteiger partial charge is 0.310 e. The number of rotatable bonds is 6. The lowest BCUT2D eigenvalue weighted by molar-refractivity contribution is -0.168. The molecule has 5 heteroatoms. The topological polar surface area (TPSA) is 72.8 Å². The molecule has 1 aromatic carbocycles. The van der Waals surface area contributed by atoms with E-state index in [4.69, 9.17) is 9.47 Å². The summed E-state index contributed by atoms with van der Waals surface area (Å²) in [4.78, 5) is 24.5. The molecule has 0 amide bonds. The fourth-order valence-corrected chi connectivity index (χ4v) is 3.25. The molecule has 1 unspecified atom stereocenters. The number of esters is 2. The summed E-state index contributed by atoms with van der Waals surface area (Å²) in [6, 6.07) is 9.34. The summed E-state index contributed by atoms with van der Waals surface area (Å²) in [6.07, 6.45) is 3.00. The van der Waals surface area contributed by atoms with Crippen molar-refractivity contribution in [3.05, 3.63) is 48.6 Å². The maximum absolute atomic E-state index is 12.5. The second-order valence-electron chi connectivity index (χ2n) is 6.29. The number of benzene rings is 1. The maximum atomic E-state index is 12.5. The Kier molecular flexibility index (Phi) is 6.15. The van der Waals surface area contributed by atoms with Crippen LogP contribution in [0.15, 0.2) is 43.0 Å². The average molecular weight is 332 g/mol. The molecule has 0 aliphatic heterocycles. The lowest BCUT2D eigenvalue weighted by Gasteiger charge is -2.38. The third-order valence-electron chi connectivity index (χ3n) is 4.56. The van der Waals surface area contributed by atoms with Crippen molar-refractivity contribution in [1.82, 2.24) is 0 Å². The minimum atomic E-state index is -1.03. The Labute approximate surface area is 142 Å². The first-order valence-electron chi connectivity index (χ1n) is 8.11. The highest BCUT2D eigenvalue weighted by atomic mass is 16.5. The van der Waals surface area contributed by atoms with Gasteiger partial charge in [-0.05, 0) is 31.2 Å². The van der Waals surface area contributed by atoms with Crippen molar-refractivity contribution in [2.75, 3.05) is 7.11 Å². The van der Waals surface area contributed by atoms with E-state index < -0.39 is 29.4 Å². The highest BCUT2D eigenvalue weighted by Crippen LogP contribution is 2.40. The first kappa shape index (κ1) is 18.2. The quantitative estimate of drug-likeness (QED) is 0.640. The summed E-state index contributed by atoms with van der Waals surface area (Å²) >= 11 is 0. The molecule has 0 spiro atoms. The Balaban J connectivity index is 2.08. The zero-order valence-electron chi connectivity index (χ0n) is 13.9. The molecule has 0 aromatic heterocycles. The lowest BCUT2D eigenvalue weighted by atomic mass is 9.70. The minimum Gasteiger partial charge on any atom is -0.469 e. The largest absolute Gasteiger partial charge is 0.469 e. The summed E-state index contributed by atoms with van der Waals surface area (Å²) in [5.74, 6) is -2.20. The Morgan fingerprint density at radius 1 is 1.29 bits per heavy atom. The standard InChI is InChI=1S/C19H24O5/c1-3-10-19(22)11-9-15(17(20)23-2)16(12-19)18(21)24-13-14-7-5-4-6-8-14/h3-8,15-16,22H,1,9-13H2,2H3/t15-,16+,19?/m0/s1. The van der Waals surface area contributed by atoms with Crippen LogP contribution >= 0.6 is 0 Å². The molecule has 24 heavy (non-hydrogen) atoms. The van der Waals surface area contributed by atoms with Crippen molar-refractivity contribution in [2.45, 2.75) is 37.9 Å². The van der Waals surface area contributed by atoms with Crippen molar-refractivity contribution in [1.29, 1.82) is 0 Å². The van der Waals surface area contributed by atoms with Crippen LogP contribution in [0.4, 0.5) is 0 Å². The van der Waals surface area contributed by atoms with Crippen LogP contribution in [0.3, 0.4) is 0 Å². The van der Waals surface area contributed by atoms with Crippen LogP contribution in [0.5, 0.6) is 0 Å². The van der Waals surface area contributed by atoms with Gasteiger partial charge in [0.25, 0.3) is 0 Å².